The molecule has 0 spiro atoms. The van der Waals surface area contributed by atoms with Gasteiger partial charge in [-0.05, 0) is 73.2 Å². The zero-order valence-electron chi connectivity index (χ0n) is 17.1. The Morgan fingerprint density at radius 3 is 2.33 bits per heavy atom. The maximum Gasteiger partial charge on any atom is 0.345 e. The fraction of sp³-hybridized carbons (Fsp3) is 0.0909. The molecule has 33 heavy (non-hydrogen) atoms. The molecule has 0 unspecified atom stereocenters. The van der Waals surface area contributed by atoms with Gasteiger partial charge in [0, 0.05) is 10.0 Å². The minimum Gasteiger partial charge on any atom is -0.490 e. The van der Waals surface area contributed by atoms with Crippen LogP contribution in [0.3, 0.4) is 0 Å². The van der Waals surface area contributed by atoms with Crippen molar-refractivity contribution in [3.8, 4) is 11.5 Å². The van der Waals surface area contributed by atoms with Gasteiger partial charge in [-0.3, -0.25) is 0 Å². The van der Waals surface area contributed by atoms with E-state index in [2.05, 4.69) is 9.93 Å². The molecule has 0 atom stereocenters. The van der Waals surface area contributed by atoms with Gasteiger partial charge in [-0.15, -0.1) is 0 Å². The van der Waals surface area contributed by atoms with E-state index in [9.17, 15) is 13.2 Å². The average molecular weight is 528 g/mol. The van der Waals surface area contributed by atoms with Crippen molar-refractivity contribution in [3.63, 3.8) is 0 Å². The number of carbonyl (C=O) groups is 1. The molecule has 0 radical (unpaired) electrons. The number of rotatable bonds is 8. The molecule has 7 nitrogen and oxygen atoms in total. The topological polar surface area (TPSA) is 94.1 Å². The third-order valence-corrected chi connectivity index (χ3v) is 6.17. The van der Waals surface area contributed by atoms with Crippen LogP contribution >= 0.6 is 34.8 Å². The molecular formula is C22H17Cl3N2O5S. The molecule has 0 amide bonds. The van der Waals surface area contributed by atoms with E-state index < -0.39 is 16.0 Å². The molecule has 1 N–H and O–H groups in total. The van der Waals surface area contributed by atoms with E-state index >= 15 is 0 Å². The van der Waals surface area contributed by atoms with Crippen molar-refractivity contribution in [2.45, 2.75) is 11.8 Å². The van der Waals surface area contributed by atoms with E-state index in [-0.39, 0.29) is 27.0 Å². The minimum atomic E-state index is -3.86. The summed E-state index contributed by atoms with van der Waals surface area (Å²) in [5, 5.41) is 4.74. The van der Waals surface area contributed by atoms with E-state index in [4.69, 9.17) is 44.3 Å². The fourth-order valence-corrected chi connectivity index (χ4v) is 4.01. The summed E-state index contributed by atoms with van der Waals surface area (Å²) in [4.78, 5) is 14.6. The Bertz CT molecular complexity index is 1300. The first-order valence-corrected chi connectivity index (χ1v) is 12.1. The van der Waals surface area contributed by atoms with Crippen LogP contribution in [0.15, 0.2) is 70.7 Å². The van der Waals surface area contributed by atoms with Crippen molar-refractivity contribution in [1.29, 1.82) is 0 Å². The van der Waals surface area contributed by atoms with Crippen LogP contribution in [0.2, 0.25) is 15.1 Å². The molecule has 0 fully saturated rings. The van der Waals surface area contributed by atoms with Crippen molar-refractivity contribution in [3.05, 3.63) is 86.9 Å². The molecule has 0 aliphatic heterocycles. The summed E-state index contributed by atoms with van der Waals surface area (Å²) in [5.74, 6) is -0.262. The SMILES string of the molecule is CCOc1cc(/C=N/NS(=O)(=O)c2ccc(Cl)cc2)ccc1OC(=O)c1ccc(Cl)cc1Cl. The van der Waals surface area contributed by atoms with Gasteiger partial charge in [0.15, 0.2) is 11.5 Å². The Hall–Kier alpha value is -2.78. The van der Waals surface area contributed by atoms with Crippen LogP contribution in [0.4, 0.5) is 0 Å². The van der Waals surface area contributed by atoms with E-state index in [1.165, 1.54) is 54.7 Å². The molecule has 0 bridgehead atoms. The predicted molar refractivity (Wildman–Crippen MR) is 128 cm³/mol. The number of halogens is 3. The largest absolute Gasteiger partial charge is 0.490 e. The lowest BCUT2D eigenvalue weighted by Gasteiger charge is -2.12. The first-order chi connectivity index (χ1) is 15.7. The van der Waals surface area contributed by atoms with Gasteiger partial charge in [0.25, 0.3) is 10.0 Å². The van der Waals surface area contributed by atoms with Crippen LogP contribution < -0.4 is 14.3 Å². The van der Waals surface area contributed by atoms with Crippen molar-refractivity contribution in [2.75, 3.05) is 6.61 Å². The number of hydrogen-bond acceptors (Lipinski definition) is 6. The summed E-state index contributed by atoms with van der Waals surface area (Å²) in [6.07, 6.45) is 1.29. The highest BCUT2D eigenvalue weighted by molar-refractivity contribution is 7.89. The summed E-state index contributed by atoms with van der Waals surface area (Å²) in [5.41, 5.74) is 0.646. The molecule has 3 aromatic carbocycles. The lowest BCUT2D eigenvalue weighted by atomic mass is 10.2. The predicted octanol–water partition coefficient (Wildman–Crippen LogP) is 5.58. The maximum atomic E-state index is 12.5. The molecule has 172 valence electrons. The second-order valence-corrected chi connectivity index (χ2v) is 9.40. The zero-order valence-corrected chi connectivity index (χ0v) is 20.2. The van der Waals surface area contributed by atoms with Gasteiger partial charge in [0.2, 0.25) is 0 Å². The van der Waals surface area contributed by atoms with Gasteiger partial charge in [-0.2, -0.15) is 13.5 Å². The summed E-state index contributed by atoms with van der Waals surface area (Å²) >= 11 is 17.7. The Kier molecular flexibility index (Phi) is 8.20. The number of hydrogen-bond donors (Lipinski definition) is 1. The number of nitrogens with zero attached hydrogens (tertiary/aromatic N) is 1. The molecule has 0 saturated heterocycles. The second kappa shape index (κ2) is 10.9. The standard InChI is InChI=1S/C22H17Cl3N2O5S/c1-2-31-21-11-14(13-26-27-33(29,30)17-7-4-15(23)5-8-17)3-10-20(21)32-22(28)18-9-6-16(24)12-19(18)25/h3-13,27H,2H2,1H3/b26-13+. The number of benzene rings is 3. The number of carbonyl (C=O) groups excluding carboxylic acids is 1. The minimum absolute atomic E-state index is 0.0159. The number of esters is 1. The van der Waals surface area contributed by atoms with Crippen molar-refractivity contribution in [2.24, 2.45) is 5.10 Å². The highest BCUT2D eigenvalue weighted by Gasteiger charge is 2.17. The molecule has 0 aliphatic rings. The second-order valence-electron chi connectivity index (χ2n) is 6.46. The molecule has 0 saturated carbocycles. The summed E-state index contributed by atoms with van der Waals surface area (Å²) in [6, 6.07) is 14.7. The van der Waals surface area contributed by atoms with Crippen LogP contribution in [0.5, 0.6) is 11.5 Å². The Morgan fingerprint density at radius 1 is 0.970 bits per heavy atom. The van der Waals surface area contributed by atoms with Gasteiger partial charge in [-0.1, -0.05) is 34.8 Å². The van der Waals surface area contributed by atoms with Gasteiger partial charge in [0.1, 0.15) is 0 Å². The number of ether oxygens (including phenoxy) is 2. The zero-order chi connectivity index (χ0) is 24.0. The Balaban J connectivity index is 1.76. The summed E-state index contributed by atoms with van der Waals surface area (Å²) < 4.78 is 35.6. The molecule has 0 heterocycles. The van der Waals surface area contributed by atoms with Crippen LogP contribution in [0.1, 0.15) is 22.8 Å². The van der Waals surface area contributed by atoms with Gasteiger partial charge < -0.3 is 9.47 Å². The van der Waals surface area contributed by atoms with Crippen LogP contribution in [0, 0.1) is 0 Å². The number of sulfonamides is 1. The summed E-state index contributed by atoms with van der Waals surface area (Å²) in [6.45, 7) is 2.07. The van der Waals surface area contributed by atoms with Gasteiger partial charge >= 0.3 is 5.97 Å². The average Bonchev–Trinajstić information content (AvgIpc) is 2.75. The first-order valence-electron chi connectivity index (χ1n) is 9.44. The van der Waals surface area contributed by atoms with Crippen LogP contribution in [-0.2, 0) is 10.0 Å². The normalized spacial score (nSPS) is 11.4. The molecule has 0 aliphatic carbocycles. The van der Waals surface area contributed by atoms with Crippen LogP contribution in [-0.4, -0.2) is 27.2 Å². The third-order valence-electron chi connectivity index (χ3n) is 4.13. The molecule has 3 rings (SSSR count). The molecule has 11 heteroatoms. The lowest BCUT2D eigenvalue weighted by Crippen LogP contribution is -2.18. The maximum absolute atomic E-state index is 12.5. The van der Waals surface area contributed by atoms with E-state index in [0.717, 1.165) is 0 Å². The highest BCUT2D eigenvalue weighted by Crippen LogP contribution is 2.30. The van der Waals surface area contributed by atoms with E-state index in [1.807, 2.05) is 0 Å². The quantitative estimate of drug-likeness (QED) is 0.179. The molecular weight excluding hydrogens is 511 g/mol. The fourth-order valence-electron chi connectivity index (χ4n) is 2.60. The number of nitrogens with one attached hydrogen (secondary N) is 1. The van der Waals surface area contributed by atoms with Crippen LogP contribution in [0.25, 0.3) is 0 Å². The lowest BCUT2D eigenvalue weighted by molar-refractivity contribution is 0.0728. The monoisotopic (exact) mass is 526 g/mol. The summed E-state index contributed by atoms with van der Waals surface area (Å²) in [7, 11) is -3.86. The van der Waals surface area contributed by atoms with Gasteiger partial charge in [-0.25, -0.2) is 9.63 Å². The molecule has 3 aromatic rings. The third kappa shape index (κ3) is 6.61. The van der Waals surface area contributed by atoms with Gasteiger partial charge in [0.05, 0.1) is 28.3 Å². The number of hydrazone groups is 1. The Morgan fingerprint density at radius 2 is 1.67 bits per heavy atom. The first kappa shape index (κ1) is 24.9. The highest BCUT2D eigenvalue weighted by atomic mass is 35.5. The van der Waals surface area contributed by atoms with E-state index in [1.54, 1.807) is 19.1 Å². The smallest absolute Gasteiger partial charge is 0.345 e. The van der Waals surface area contributed by atoms with E-state index in [0.29, 0.717) is 22.2 Å². The molecule has 0 aromatic heterocycles. The van der Waals surface area contributed by atoms with Crippen molar-refractivity contribution < 1.29 is 22.7 Å². The van der Waals surface area contributed by atoms with Crippen molar-refractivity contribution >= 4 is 57.0 Å². The Labute approximate surface area is 205 Å². The van der Waals surface area contributed by atoms with Crippen molar-refractivity contribution in [1.82, 2.24) is 4.83 Å².